The number of hydrogen-bond donors (Lipinski definition) is 2. The zero-order valence-electron chi connectivity index (χ0n) is 27.3. The number of rotatable bonds is 10. The molecule has 2 aromatic rings. The summed E-state index contributed by atoms with van der Waals surface area (Å²) in [4.78, 5) is 47.8. The van der Waals surface area contributed by atoms with Crippen molar-refractivity contribution in [2.75, 3.05) is 26.2 Å². The molecule has 0 bridgehead atoms. The Morgan fingerprint density at radius 2 is 1.58 bits per heavy atom. The summed E-state index contributed by atoms with van der Waals surface area (Å²) in [5.41, 5.74) is 1.79. The molecule has 2 aromatic carbocycles. The van der Waals surface area contributed by atoms with Gasteiger partial charge in [0.1, 0.15) is 11.4 Å². The van der Waals surface area contributed by atoms with Crippen LogP contribution in [-0.4, -0.2) is 70.2 Å². The molecule has 0 aromatic heterocycles. The molecular formula is C35H46Cl2N4O4. The van der Waals surface area contributed by atoms with E-state index in [1.54, 1.807) is 30.3 Å². The second-order valence-electron chi connectivity index (χ2n) is 14.7. The number of halogens is 2. The molecule has 2 N–H and O–H groups in total. The minimum absolute atomic E-state index is 0.0262. The van der Waals surface area contributed by atoms with E-state index < -0.39 is 11.6 Å². The van der Waals surface area contributed by atoms with Crippen molar-refractivity contribution in [3.05, 3.63) is 69.2 Å². The van der Waals surface area contributed by atoms with Gasteiger partial charge in [-0.25, -0.2) is 0 Å². The van der Waals surface area contributed by atoms with Gasteiger partial charge in [-0.15, -0.1) is 0 Å². The second kappa shape index (κ2) is 13.8. The topological polar surface area (TPSA) is 102 Å². The normalized spacial score (nSPS) is 17.8. The molecule has 0 unspecified atom stereocenters. The average Bonchev–Trinajstić information content (AvgIpc) is 3.20. The van der Waals surface area contributed by atoms with Crippen LogP contribution in [0.5, 0.6) is 0 Å². The number of aliphatic carboxylic acids is 1. The van der Waals surface area contributed by atoms with Crippen LogP contribution in [-0.2, 0) is 9.59 Å². The summed E-state index contributed by atoms with van der Waals surface area (Å²) in [7, 11) is 0. The van der Waals surface area contributed by atoms with Crippen molar-refractivity contribution in [2.24, 2.45) is 15.8 Å². The number of carboxylic acids is 1. The first-order valence-corrected chi connectivity index (χ1v) is 16.4. The van der Waals surface area contributed by atoms with Crippen LogP contribution in [0.3, 0.4) is 0 Å². The van der Waals surface area contributed by atoms with Crippen molar-refractivity contribution in [1.29, 1.82) is 0 Å². The molecule has 1 saturated heterocycles. The molecule has 0 aliphatic carbocycles. The molecule has 1 atom stereocenters. The third kappa shape index (κ3) is 9.08. The summed E-state index contributed by atoms with van der Waals surface area (Å²) < 4.78 is 0. The SMILES string of the molecule is CC(C)(C)CC[C@H](c1ccc(C(=O)NCCC(=O)O)cc1)N1C(=O)C(c2cc(Cl)cc(Cl)c2)=NC12CCN(CC(C)(C)C)CC2. The molecule has 244 valence electrons. The number of benzene rings is 2. The maximum atomic E-state index is 14.6. The van der Waals surface area contributed by atoms with Gasteiger partial charge in [0.15, 0.2) is 0 Å². The van der Waals surface area contributed by atoms with Crippen molar-refractivity contribution in [1.82, 2.24) is 15.1 Å². The Bertz CT molecular complexity index is 1410. The van der Waals surface area contributed by atoms with E-state index in [0.717, 1.165) is 31.6 Å². The fraction of sp³-hybridized carbons (Fsp3) is 0.543. The molecule has 1 spiro atoms. The summed E-state index contributed by atoms with van der Waals surface area (Å²) in [6.07, 6.45) is 2.83. The number of nitrogens with zero attached hydrogens (tertiary/aromatic N) is 3. The van der Waals surface area contributed by atoms with Crippen molar-refractivity contribution < 1.29 is 19.5 Å². The lowest BCUT2D eigenvalue weighted by molar-refractivity contribution is -0.137. The molecular weight excluding hydrogens is 611 g/mol. The van der Waals surface area contributed by atoms with Gasteiger partial charge in [0.25, 0.3) is 11.8 Å². The van der Waals surface area contributed by atoms with Crippen LogP contribution in [0.2, 0.25) is 10.0 Å². The summed E-state index contributed by atoms with van der Waals surface area (Å²) >= 11 is 12.8. The van der Waals surface area contributed by atoms with Crippen LogP contribution in [0.25, 0.3) is 0 Å². The summed E-state index contributed by atoms with van der Waals surface area (Å²) in [5.74, 6) is -1.45. The first kappa shape index (κ1) is 34.9. The molecule has 2 aliphatic rings. The third-order valence-electron chi connectivity index (χ3n) is 8.34. The number of hydrogen-bond acceptors (Lipinski definition) is 5. The Labute approximate surface area is 277 Å². The Morgan fingerprint density at radius 3 is 2.11 bits per heavy atom. The van der Waals surface area contributed by atoms with Crippen molar-refractivity contribution in [3.8, 4) is 0 Å². The van der Waals surface area contributed by atoms with E-state index >= 15 is 0 Å². The molecule has 2 amide bonds. The van der Waals surface area contributed by atoms with E-state index in [9.17, 15) is 14.4 Å². The maximum absolute atomic E-state index is 14.6. The highest BCUT2D eigenvalue weighted by molar-refractivity contribution is 6.47. The molecule has 2 heterocycles. The average molecular weight is 658 g/mol. The number of carbonyl (C=O) groups excluding carboxylic acids is 2. The van der Waals surface area contributed by atoms with Gasteiger partial charge in [-0.1, -0.05) is 76.9 Å². The van der Waals surface area contributed by atoms with Gasteiger partial charge < -0.3 is 20.2 Å². The van der Waals surface area contributed by atoms with Gasteiger partial charge in [-0.3, -0.25) is 19.4 Å². The Kier molecular flexibility index (Phi) is 10.7. The molecule has 4 rings (SSSR count). The fourth-order valence-corrected chi connectivity index (χ4v) is 6.80. The smallest absolute Gasteiger partial charge is 0.305 e. The molecule has 8 nitrogen and oxygen atoms in total. The predicted molar refractivity (Wildman–Crippen MR) is 180 cm³/mol. The lowest BCUT2D eigenvalue weighted by Gasteiger charge is -2.47. The number of carbonyl (C=O) groups is 3. The van der Waals surface area contributed by atoms with Crippen LogP contribution < -0.4 is 5.32 Å². The van der Waals surface area contributed by atoms with Crippen LogP contribution in [0.15, 0.2) is 47.5 Å². The summed E-state index contributed by atoms with van der Waals surface area (Å²) in [6.45, 7) is 15.9. The first-order chi connectivity index (χ1) is 21.0. The molecule has 10 heteroatoms. The van der Waals surface area contributed by atoms with Crippen molar-refractivity contribution in [3.63, 3.8) is 0 Å². The quantitative estimate of drug-likeness (QED) is 0.281. The lowest BCUT2D eigenvalue weighted by atomic mass is 9.84. The van der Waals surface area contributed by atoms with Crippen molar-refractivity contribution >= 4 is 46.7 Å². The van der Waals surface area contributed by atoms with Crippen LogP contribution in [0.4, 0.5) is 0 Å². The Hall–Kier alpha value is -2.94. The first-order valence-electron chi connectivity index (χ1n) is 15.7. The molecule has 0 saturated carbocycles. The Morgan fingerprint density at radius 1 is 0.978 bits per heavy atom. The van der Waals surface area contributed by atoms with Gasteiger partial charge in [-0.2, -0.15) is 0 Å². The van der Waals surface area contributed by atoms with Crippen LogP contribution in [0, 0.1) is 10.8 Å². The predicted octanol–water partition coefficient (Wildman–Crippen LogP) is 7.24. The van der Waals surface area contributed by atoms with Gasteiger partial charge >= 0.3 is 5.97 Å². The monoisotopic (exact) mass is 656 g/mol. The number of amides is 2. The third-order valence-corrected chi connectivity index (χ3v) is 8.78. The molecule has 0 radical (unpaired) electrons. The molecule has 2 aliphatic heterocycles. The largest absolute Gasteiger partial charge is 0.481 e. The van der Waals surface area contributed by atoms with E-state index in [2.05, 4.69) is 51.8 Å². The summed E-state index contributed by atoms with van der Waals surface area (Å²) in [5, 5.41) is 12.5. The zero-order chi connectivity index (χ0) is 33.2. The van der Waals surface area contributed by atoms with Gasteiger partial charge in [0.2, 0.25) is 0 Å². The minimum atomic E-state index is -0.970. The number of carboxylic acid groups (broad SMARTS) is 1. The van der Waals surface area contributed by atoms with E-state index in [-0.39, 0.29) is 41.7 Å². The van der Waals surface area contributed by atoms with Gasteiger partial charge in [0, 0.05) is 60.2 Å². The molecule has 45 heavy (non-hydrogen) atoms. The number of aliphatic imine (C=N–C) groups is 1. The van der Waals surface area contributed by atoms with Crippen molar-refractivity contribution in [2.45, 2.75) is 85.4 Å². The highest BCUT2D eigenvalue weighted by Crippen LogP contribution is 2.45. The standard InChI is InChI=1S/C35H46Cl2N4O4/c1-33(2,3)13-11-28(23-7-9-24(10-8-23)31(44)38-16-12-29(42)43)41-32(45)30(25-19-26(36)21-27(37)20-25)39-35(41)14-17-40(18-15-35)22-34(4,5)6/h7-10,19-21,28H,11-18,22H2,1-6H3,(H,38,44)(H,42,43)/t28-/m1/s1. The number of likely N-dealkylation sites (tertiary alicyclic amines) is 1. The van der Waals surface area contributed by atoms with E-state index in [1.807, 2.05) is 17.0 Å². The second-order valence-corrected chi connectivity index (χ2v) is 15.6. The number of nitrogens with one attached hydrogen (secondary N) is 1. The Balaban J connectivity index is 1.73. The van der Waals surface area contributed by atoms with E-state index in [1.165, 1.54) is 0 Å². The van der Waals surface area contributed by atoms with E-state index in [4.69, 9.17) is 33.3 Å². The zero-order valence-corrected chi connectivity index (χ0v) is 28.8. The minimum Gasteiger partial charge on any atom is -0.481 e. The van der Waals surface area contributed by atoms with Gasteiger partial charge in [0.05, 0.1) is 12.5 Å². The van der Waals surface area contributed by atoms with Crippen LogP contribution in [0.1, 0.15) is 101 Å². The molecule has 1 fully saturated rings. The van der Waals surface area contributed by atoms with E-state index in [0.29, 0.717) is 46.1 Å². The maximum Gasteiger partial charge on any atom is 0.305 e. The number of piperidine rings is 1. The highest BCUT2D eigenvalue weighted by Gasteiger charge is 2.52. The fourth-order valence-electron chi connectivity index (χ4n) is 6.27. The summed E-state index contributed by atoms with van der Waals surface area (Å²) in [6, 6.07) is 12.2. The lowest BCUT2D eigenvalue weighted by Crippen LogP contribution is -2.55. The highest BCUT2D eigenvalue weighted by atomic mass is 35.5. The van der Waals surface area contributed by atoms with Gasteiger partial charge in [-0.05, 0) is 59.6 Å². The van der Waals surface area contributed by atoms with Crippen LogP contribution >= 0.6 is 23.2 Å².